The maximum Gasteiger partial charge on any atom is 0.387 e. The molecule has 3 aromatic heterocycles. The number of piperazine rings is 1. The van der Waals surface area contributed by atoms with Crippen molar-refractivity contribution in [1.29, 1.82) is 0 Å². The molecule has 0 saturated carbocycles. The molecule has 4 aromatic rings. The number of benzene rings is 1. The van der Waals surface area contributed by atoms with Crippen molar-refractivity contribution in [2.45, 2.75) is 26.0 Å². The van der Waals surface area contributed by atoms with Gasteiger partial charge in [-0.3, -0.25) is 14.3 Å². The Morgan fingerprint density at radius 2 is 1.89 bits per heavy atom. The molecule has 5 heterocycles. The highest BCUT2D eigenvalue weighted by Gasteiger charge is 2.29. The molecule has 12 nitrogen and oxygen atoms in total. The average molecular weight is 654 g/mol. The summed E-state index contributed by atoms with van der Waals surface area (Å²) in [5.41, 5.74) is 2.04. The topological polar surface area (TPSA) is 113 Å². The normalized spacial score (nSPS) is 16.3. The highest BCUT2D eigenvalue weighted by atomic mass is 35.5. The molecule has 1 N–H and O–H groups in total. The molecular formula is C31H34ClF2N9O3. The summed E-state index contributed by atoms with van der Waals surface area (Å²) in [5.74, 6) is -0.581. The third kappa shape index (κ3) is 6.82. The Balaban J connectivity index is 1.21. The molecule has 6 rings (SSSR count). The van der Waals surface area contributed by atoms with Crippen LogP contribution in [-0.2, 0) is 11.3 Å². The van der Waals surface area contributed by atoms with E-state index in [0.29, 0.717) is 24.7 Å². The van der Waals surface area contributed by atoms with Gasteiger partial charge in [-0.1, -0.05) is 18.2 Å². The number of nitrogens with zero attached hydrogens (tertiary/aromatic N) is 8. The zero-order chi connectivity index (χ0) is 32.4. The van der Waals surface area contributed by atoms with Crippen LogP contribution in [0.2, 0.25) is 5.02 Å². The first-order chi connectivity index (χ1) is 22.2. The van der Waals surface area contributed by atoms with E-state index in [2.05, 4.69) is 43.9 Å². The van der Waals surface area contributed by atoms with E-state index in [9.17, 15) is 18.4 Å². The van der Waals surface area contributed by atoms with Gasteiger partial charge in [0.25, 0.3) is 5.91 Å². The van der Waals surface area contributed by atoms with Crippen molar-refractivity contribution in [3.05, 3.63) is 71.9 Å². The van der Waals surface area contributed by atoms with Gasteiger partial charge in [0.05, 0.1) is 11.9 Å². The van der Waals surface area contributed by atoms with E-state index >= 15 is 0 Å². The first-order valence-corrected chi connectivity index (χ1v) is 15.4. The molecule has 2 fully saturated rings. The van der Waals surface area contributed by atoms with Crippen LogP contribution in [0.3, 0.4) is 0 Å². The molecule has 1 aromatic carbocycles. The van der Waals surface area contributed by atoms with E-state index in [1.54, 1.807) is 17.2 Å². The fraction of sp³-hybridized carbons (Fsp3) is 0.387. The highest BCUT2D eigenvalue weighted by Crippen LogP contribution is 2.37. The first kappa shape index (κ1) is 31.4. The Morgan fingerprint density at radius 3 is 2.63 bits per heavy atom. The number of allylic oxidation sites excluding steroid dienone is 1. The number of nitrogens with one attached hydrogen (secondary N) is 1. The van der Waals surface area contributed by atoms with Crippen LogP contribution in [0.1, 0.15) is 23.2 Å². The molecule has 0 aliphatic carbocycles. The van der Waals surface area contributed by atoms with Crippen molar-refractivity contribution >= 4 is 34.7 Å². The SMILES string of the molecule is C=C(C1CCN(C(=O)Cn2cc(NC(=O)c3cnn4cccnc34)c(-c3cc(Cl)ccc3OC(F)F)n2)CC1)N1CCN(C)CC1. The number of carbonyl (C=O) groups excluding carboxylic acids is 2. The van der Waals surface area contributed by atoms with Gasteiger partial charge >= 0.3 is 6.61 Å². The Morgan fingerprint density at radius 1 is 1.13 bits per heavy atom. The van der Waals surface area contributed by atoms with Crippen LogP contribution in [0.5, 0.6) is 5.75 Å². The second kappa shape index (κ2) is 13.4. The molecule has 0 spiro atoms. The zero-order valence-corrected chi connectivity index (χ0v) is 26.0. The summed E-state index contributed by atoms with van der Waals surface area (Å²) in [6, 6.07) is 5.80. The standard InChI is InChI=1S/C31H34ClF2N9O3/c1-20(40-14-12-39(2)13-15-40)21-6-10-41(11-7-21)27(44)19-42-18-25(37-30(45)24-17-36-43-9-3-8-35-29(24)43)28(38-42)23-16-22(32)4-5-26(23)46-31(33)34/h3-5,8-9,16-18,21,31H,1,6-7,10-15,19H2,2H3,(H,37,45). The molecule has 46 heavy (non-hydrogen) atoms. The molecule has 0 radical (unpaired) electrons. The lowest BCUT2D eigenvalue weighted by Gasteiger charge is -2.40. The number of ether oxygens (including phenoxy) is 1. The largest absolute Gasteiger partial charge is 0.434 e. The lowest BCUT2D eigenvalue weighted by Crippen LogP contribution is -2.46. The van der Waals surface area contributed by atoms with Gasteiger partial charge in [0, 0.05) is 80.1 Å². The number of hydrogen-bond donors (Lipinski definition) is 1. The number of fused-ring (bicyclic) bond motifs is 1. The smallest absolute Gasteiger partial charge is 0.387 e. The van der Waals surface area contributed by atoms with Crippen LogP contribution in [0.25, 0.3) is 16.9 Å². The lowest BCUT2D eigenvalue weighted by atomic mass is 9.93. The first-order valence-electron chi connectivity index (χ1n) is 15.0. The summed E-state index contributed by atoms with van der Waals surface area (Å²) < 4.78 is 34.2. The van der Waals surface area contributed by atoms with E-state index in [1.165, 1.54) is 46.0 Å². The number of aromatic nitrogens is 5. The van der Waals surface area contributed by atoms with Gasteiger partial charge in [-0.2, -0.15) is 19.0 Å². The monoisotopic (exact) mass is 653 g/mol. The van der Waals surface area contributed by atoms with E-state index in [1.807, 2.05) is 0 Å². The number of piperidine rings is 1. The van der Waals surface area contributed by atoms with Gasteiger partial charge < -0.3 is 24.8 Å². The number of carbonyl (C=O) groups is 2. The van der Waals surface area contributed by atoms with E-state index < -0.39 is 12.5 Å². The highest BCUT2D eigenvalue weighted by molar-refractivity contribution is 6.31. The van der Waals surface area contributed by atoms with E-state index in [0.717, 1.165) is 44.7 Å². The number of rotatable bonds is 9. The van der Waals surface area contributed by atoms with Gasteiger partial charge in [0.1, 0.15) is 23.6 Å². The van der Waals surface area contributed by atoms with Crippen molar-refractivity contribution in [2.24, 2.45) is 5.92 Å². The molecule has 15 heteroatoms. The summed E-state index contributed by atoms with van der Waals surface area (Å²) in [7, 11) is 2.12. The van der Waals surface area contributed by atoms with E-state index in [-0.39, 0.29) is 45.7 Å². The predicted octanol–water partition coefficient (Wildman–Crippen LogP) is 4.10. The summed E-state index contributed by atoms with van der Waals surface area (Å²) in [6.45, 7) is 6.22. The predicted molar refractivity (Wildman–Crippen MR) is 168 cm³/mol. The number of likely N-dealkylation sites (N-methyl/N-ethyl adjacent to an activating group) is 1. The quantitative estimate of drug-likeness (QED) is 0.287. The van der Waals surface area contributed by atoms with Gasteiger partial charge in [-0.25, -0.2) is 9.50 Å². The Bertz CT molecular complexity index is 1740. The molecule has 0 unspecified atom stereocenters. The number of anilines is 1. The molecular weight excluding hydrogens is 620 g/mol. The van der Waals surface area contributed by atoms with E-state index in [4.69, 9.17) is 16.3 Å². The maximum absolute atomic E-state index is 13.4. The van der Waals surface area contributed by atoms with Crippen LogP contribution in [0.4, 0.5) is 14.5 Å². The molecule has 242 valence electrons. The fourth-order valence-electron chi connectivity index (χ4n) is 5.91. The van der Waals surface area contributed by atoms with Crippen molar-refractivity contribution in [1.82, 2.24) is 39.1 Å². The van der Waals surface area contributed by atoms with Crippen molar-refractivity contribution < 1.29 is 23.1 Å². The fourth-order valence-corrected chi connectivity index (χ4v) is 6.08. The van der Waals surface area contributed by atoms with Crippen molar-refractivity contribution in [3.8, 4) is 17.0 Å². The number of alkyl halides is 2. The lowest BCUT2D eigenvalue weighted by molar-refractivity contribution is -0.133. The summed E-state index contributed by atoms with van der Waals surface area (Å²) in [5, 5.41) is 11.7. The molecule has 2 aliphatic heterocycles. The summed E-state index contributed by atoms with van der Waals surface area (Å²) in [4.78, 5) is 37.5. The van der Waals surface area contributed by atoms with Crippen LogP contribution >= 0.6 is 11.6 Å². The third-order valence-corrected chi connectivity index (χ3v) is 8.71. The summed E-state index contributed by atoms with van der Waals surface area (Å²) >= 11 is 6.23. The second-order valence-corrected chi connectivity index (χ2v) is 11.9. The number of likely N-dealkylation sites (tertiary alicyclic amines) is 1. The molecule has 2 amide bonds. The molecule has 2 aliphatic rings. The molecule has 0 bridgehead atoms. The molecule has 2 saturated heterocycles. The minimum Gasteiger partial charge on any atom is -0.434 e. The zero-order valence-electron chi connectivity index (χ0n) is 25.3. The van der Waals surface area contributed by atoms with Crippen LogP contribution < -0.4 is 10.1 Å². The third-order valence-electron chi connectivity index (χ3n) is 8.47. The number of amides is 2. The number of hydrogen-bond acceptors (Lipinski definition) is 8. The van der Waals surface area contributed by atoms with Gasteiger partial charge in [0.2, 0.25) is 5.91 Å². The van der Waals surface area contributed by atoms with Gasteiger partial charge in [-0.05, 0) is 44.2 Å². The second-order valence-electron chi connectivity index (χ2n) is 11.4. The Hall–Kier alpha value is -4.56. The minimum atomic E-state index is -3.11. The van der Waals surface area contributed by atoms with Gasteiger partial charge in [-0.15, -0.1) is 0 Å². The van der Waals surface area contributed by atoms with Crippen LogP contribution in [0, 0.1) is 5.92 Å². The van der Waals surface area contributed by atoms with Gasteiger partial charge in [0.15, 0.2) is 5.65 Å². The van der Waals surface area contributed by atoms with Crippen molar-refractivity contribution in [2.75, 3.05) is 51.6 Å². The maximum atomic E-state index is 13.4. The Labute approximate surface area is 269 Å². The average Bonchev–Trinajstić information content (AvgIpc) is 3.66. The number of halogens is 3. The minimum absolute atomic E-state index is 0.103. The van der Waals surface area contributed by atoms with Crippen LogP contribution in [-0.4, -0.2) is 104 Å². The Kier molecular flexibility index (Phi) is 9.17. The van der Waals surface area contributed by atoms with Crippen molar-refractivity contribution in [3.63, 3.8) is 0 Å². The van der Waals surface area contributed by atoms with Crippen LogP contribution in [0.15, 0.2) is 61.3 Å². The molecule has 0 atom stereocenters. The summed E-state index contributed by atoms with van der Waals surface area (Å²) in [6.07, 6.45) is 7.67.